The number of likely N-dealkylation sites (N-methyl/N-ethyl adjacent to an activating group) is 1. The highest BCUT2D eigenvalue weighted by molar-refractivity contribution is 6.05. The fourth-order valence-electron chi connectivity index (χ4n) is 4.39. The van der Waals surface area contributed by atoms with E-state index in [-0.39, 0.29) is 24.4 Å². The number of aromatic nitrogens is 3. The average molecular weight is 446 g/mol. The molecule has 1 aliphatic carbocycles. The molecule has 3 aromatic rings. The first-order valence-corrected chi connectivity index (χ1v) is 11.3. The van der Waals surface area contributed by atoms with Gasteiger partial charge in [0, 0.05) is 18.7 Å². The summed E-state index contributed by atoms with van der Waals surface area (Å²) >= 11 is 0. The van der Waals surface area contributed by atoms with Crippen molar-refractivity contribution in [2.45, 2.75) is 45.7 Å². The summed E-state index contributed by atoms with van der Waals surface area (Å²) in [5.41, 5.74) is 4.62. The Morgan fingerprint density at radius 2 is 1.85 bits per heavy atom. The van der Waals surface area contributed by atoms with Crippen LogP contribution in [0, 0.1) is 6.92 Å². The largest absolute Gasteiger partial charge is 0.460 e. The summed E-state index contributed by atoms with van der Waals surface area (Å²) in [6, 6.07) is 14.0. The zero-order valence-electron chi connectivity index (χ0n) is 19.3. The Kier molecular flexibility index (Phi) is 5.15. The average Bonchev–Trinajstić information content (AvgIpc) is 3.54. The molecule has 1 aromatic heterocycles. The molecule has 5 rings (SSSR count). The van der Waals surface area contributed by atoms with Gasteiger partial charge in [-0.2, -0.15) is 0 Å². The molecule has 0 spiro atoms. The molecule has 0 N–H and O–H groups in total. The van der Waals surface area contributed by atoms with Crippen molar-refractivity contribution in [1.29, 1.82) is 0 Å². The monoisotopic (exact) mass is 445 g/mol. The van der Waals surface area contributed by atoms with Gasteiger partial charge in [0.1, 0.15) is 6.04 Å². The van der Waals surface area contributed by atoms with Crippen LogP contribution in [0.3, 0.4) is 0 Å². The van der Waals surface area contributed by atoms with Crippen LogP contribution in [-0.4, -0.2) is 52.4 Å². The number of benzene rings is 2. The van der Waals surface area contributed by atoms with Crippen molar-refractivity contribution in [3.05, 3.63) is 53.9 Å². The molecule has 1 aliphatic heterocycles. The standard InChI is InChI=1S/C25H27N5O3/c1-5-33-25(32)22-26-23(30(27-22)19-9-6-15(2)7-10-19)17-8-13-20-21(14-17)29(18-11-12-18)16(3)24(31)28(20)4/h6-10,13-14,16,18H,5,11-12H2,1-4H3. The fourth-order valence-corrected chi connectivity index (χ4v) is 4.39. The Morgan fingerprint density at radius 1 is 1.12 bits per heavy atom. The minimum absolute atomic E-state index is 0.0184. The van der Waals surface area contributed by atoms with Gasteiger partial charge in [0.2, 0.25) is 5.91 Å². The molecule has 1 amide bonds. The molecule has 8 heteroatoms. The summed E-state index contributed by atoms with van der Waals surface area (Å²) in [7, 11) is 1.81. The summed E-state index contributed by atoms with van der Waals surface area (Å²) in [5, 5.41) is 4.48. The maximum atomic E-state index is 12.8. The number of anilines is 2. The molecule has 1 atom stereocenters. The minimum Gasteiger partial charge on any atom is -0.460 e. The topological polar surface area (TPSA) is 80.6 Å². The lowest BCUT2D eigenvalue weighted by Crippen LogP contribution is -2.51. The highest BCUT2D eigenvalue weighted by Crippen LogP contribution is 2.44. The first-order valence-electron chi connectivity index (χ1n) is 11.3. The van der Waals surface area contributed by atoms with Crippen molar-refractivity contribution in [3.8, 4) is 17.1 Å². The highest BCUT2D eigenvalue weighted by Gasteiger charge is 2.41. The Balaban J connectivity index is 1.65. The highest BCUT2D eigenvalue weighted by atomic mass is 16.5. The van der Waals surface area contributed by atoms with Crippen LogP contribution in [0.15, 0.2) is 42.5 Å². The molecule has 2 aromatic carbocycles. The number of rotatable bonds is 5. The van der Waals surface area contributed by atoms with Crippen molar-refractivity contribution >= 4 is 23.3 Å². The summed E-state index contributed by atoms with van der Waals surface area (Å²) in [6.45, 7) is 5.98. The van der Waals surface area contributed by atoms with E-state index in [4.69, 9.17) is 4.74 Å². The number of hydrogen-bond donors (Lipinski definition) is 0. The van der Waals surface area contributed by atoms with Crippen LogP contribution in [0.2, 0.25) is 0 Å². The Bertz CT molecular complexity index is 1230. The van der Waals surface area contributed by atoms with E-state index in [2.05, 4.69) is 21.0 Å². The number of carbonyl (C=O) groups excluding carboxylic acids is 2. The first-order chi connectivity index (χ1) is 15.9. The maximum Gasteiger partial charge on any atom is 0.378 e. The second-order valence-corrected chi connectivity index (χ2v) is 8.64. The number of carbonyl (C=O) groups is 2. The second-order valence-electron chi connectivity index (χ2n) is 8.64. The van der Waals surface area contributed by atoms with E-state index in [1.807, 2.05) is 57.3 Å². The molecule has 1 fully saturated rings. The lowest BCUT2D eigenvalue weighted by molar-refractivity contribution is -0.119. The van der Waals surface area contributed by atoms with E-state index in [9.17, 15) is 9.59 Å². The van der Waals surface area contributed by atoms with Crippen molar-refractivity contribution < 1.29 is 14.3 Å². The summed E-state index contributed by atoms with van der Waals surface area (Å²) < 4.78 is 6.82. The lowest BCUT2D eigenvalue weighted by Gasteiger charge is -2.40. The van der Waals surface area contributed by atoms with Crippen molar-refractivity contribution in [3.63, 3.8) is 0 Å². The van der Waals surface area contributed by atoms with Gasteiger partial charge in [-0.3, -0.25) is 4.79 Å². The van der Waals surface area contributed by atoms with Crippen LogP contribution in [0.25, 0.3) is 17.1 Å². The van der Waals surface area contributed by atoms with E-state index >= 15 is 0 Å². The van der Waals surface area contributed by atoms with Gasteiger partial charge in [0.25, 0.3) is 5.82 Å². The van der Waals surface area contributed by atoms with Gasteiger partial charge in [-0.1, -0.05) is 17.7 Å². The zero-order valence-corrected chi connectivity index (χ0v) is 19.3. The minimum atomic E-state index is -0.555. The molecule has 1 unspecified atom stereocenters. The number of amides is 1. The van der Waals surface area contributed by atoms with Crippen LogP contribution >= 0.6 is 0 Å². The predicted octanol–water partition coefficient (Wildman–Crippen LogP) is 3.75. The third-order valence-corrected chi connectivity index (χ3v) is 6.26. The second kappa shape index (κ2) is 8.03. The van der Waals surface area contributed by atoms with Crippen molar-refractivity contribution in [2.24, 2.45) is 0 Å². The first kappa shape index (κ1) is 21.2. The smallest absolute Gasteiger partial charge is 0.378 e. The molecule has 8 nitrogen and oxygen atoms in total. The molecule has 1 saturated carbocycles. The summed E-state index contributed by atoms with van der Waals surface area (Å²) in [5.74, 6) is 0.105. The van der Waals surface area contributed by atoms with Gasteiger partial charge in [-0.15, -0.1) is 5.10 Å². The van der Waals surface area contributed by atoms with Gasteiger partial charge in [-0.05, 0) is 63.9 Å². The Morgan fingerprint density at radius 3 is 2.52 bits per heavy atom. The fraction of sp³-hybridized carbons (Fsp3) is 0.360. The third-order valence-electron chi connectivity index (χ3n) is 6.26. The van der Waals surface area contributed by atoms with Gasteiger partial charge in [-0.25, -0.2) is 14.5 Å². The molecule has 0 saturated heterocycles. The Labute approximate surface area is 192 Å². The lowest BCUT2D eigenvalue weighted by atomic mass is 10.0. The van der Waals surface area contributed by atoms with Crippen LogP contribution in [0.4, 0.5) is 11.4 Å². The van der Waals surface area contributed by atoms with Gasteiger partial charge in [0.05, 0.1) is 23.7 Å². The number of aryl methyl sites for hydroxylation is 1. The molecule has 170 valence electrons. The van der Waals surface area contributed by atoms with Gasteiger partial charge >= 0.3 is 5.97 Å². The normalized spacial score (nSPS) is 17.8. The van der Waals surface area contributed by atoms with Crippen LogP contribution in [0.1, 0.15) is 42.9 Å². The van der Waals surface area contributed by atoms with E-state index in [1.54, 1.807) is 16.5 Å². The van der Waals surface area contributed by atoms with Gasteiger partial charge in [0.15, 0.2) is 5.82 Å². The molecule has 33 heavy (non-hydrogen) atoms. The summed E-state index contributed by atoms with van der Waals surface area (Å²) in [6.07, 6.45) is 2.16. The van der Waals surface area contributed by atoms with Crippen LogP contribution in [-0.2, 0) is 9.53 Å². The predicted molar refractivity (Wildman–Crippen MR) is 126 cm³/mol. The van der Waals surface area contributed by atoms with Crippen LogP contribution < -0.4 is 9.80 Å². The van der Waals surface area contributed by atoms with Crippen molar-refractivity contribution in [1.82, 2.24) is 14.8 Å². The number of hydrogen-bond acceptors (Lipinski definition) is 6. The number of fused-ring (bicyclic) bond motifs is 1. The number of nitrogens with zero attached hydrogens (tertiary/aromatic N) is 5. The zero-order chi connectivity index (χ0) is 23.3. The molecule has 0 bridgehead atoms. The van der Waals surface area contributed by atoms with E-state index in [0.29, 0.717) is 11.9 Å². The third kappa shape index (κ3) is 3.65. The molecular formula is C25H27N5O3. The number of esters is 1. The molecule has 0 radical (unpaired) electrons. The molecular weight excluding hydrogens is 418 g/mol. The van der Waals surface area contributed by atoms with E-state index in [1.165, 1.54) is 0 Å². The number of ether oxygens (including phenoxy) is 1. The summed E-state index contributed by atoms with van der Waals surface area (Å²) in [4.78, 5) is 33.7. The maximum absolute atomic E-state index is 12.8. The quantitative estimate of drug-likeness (QED) is 0.557. The van der Waals surface area contributed by atoms with E-state index < -0.39 is 5.97 Å². The van der Waals surface area contributed by atoms with Crippen LogP contribution in [0.5, 0.6) is 0 Å². The molecule has 2 aliphatic rings. The van der Waals surface area contributed by atoms with Crippen molar-refractivity contribution in [2.75, 3.05) is 23.5 Å². The van der Waals surface area contributed by atoms with E-state index in [0.717, 1.165) is 41.0 Å². The van der Waals surface area contributed by atoms with Gasteiger partial charge < -0.3 is 14.5 Å². The SMILES string of the molecule is CCOC(=O)c1nc(-c2ccc3c(c2)N(C2CC2)C(C)C(=O)N3C)n(-c2ccc(C)cc2)n1. The Hall–Kier alpha value is -3.68. The molecule has 2 heterocycles.